The van der Waals surface area contributed by atoms with E-state index in [2.05, 4.69) is 23.9 Å². The predicted octanol–water partition coefficient (Wildman–Crippen LogP) is -1.89. The van der Waals surface area contributed by atoms with Crippen molar-refractivity contribution in [3.63, 3.8) is 0 Å². The third-order valence-electron chi connectivity index (χ3n) is 3.77. The van der Waals surface area contributed by atoms with E-state index >= 15 is 0 Å². The van der Waals surface area contributed by atoms with Crippen LogP contribution >= 0.6 is 0 Å². The fourth-order valence-corrected chi connectivity index (χ4v) is 2.40. The van der Waals surface area contributed by atoms with Gasteiger partial charge in [0.25, 0.3) is 0 Å². The van der Waals surface area contributed by atoms with Gasteiger partial charge in [-0.05, 0) is 32.1 Å². The number of carbonyl (C=O) groups excluding carboxylic acids is 1. The monoisotopic (exact) mass is 439 g/mol. The third-order valence-corrected chi connectivity index (χ3v) is 3.77. The third kappa shape index (κ3) is 45.7. The first-order valence-corrected chi connectivity index (χ1v) is 10.9. The van der Waals surface area contributed by atoms with Crippen molar-refractivity contribution in [1.29, 1.82) is 0 Å². The molecule has 2 N–H and O–H groups in total. The molecule has 0 aromatic rings. The van der Waals surface area contributed by atoms with E-state index in [1.54, 1.807) is 0 Å². The van der Waals surface area contributed by atoms with Gasteiger partial charge in [0, 0.05) is 16.8 Å². The summed E-state index contributed by atoms with van der Waals surface area (Å²) in [6.45, 7) is 2.26. The molecule has 0 bridgehead atoms. The van der Waals surface area contributed by atoms with Crippen molar-refractivity contribution in [2.75, 3.05) is 0 Å². The van der Waals surface area contributed by atoms with Crippen molar-refractivity contribution in [1.82, 2.24) is 0 Å². The second kappa shape index (κ2) is 28.0. The average Bonchev–Trinajstić information content (AvgIpc) is 2.56. The van der Waals surface area contributed by atoms with E-state index < -0.39 is 10.4 Å². The van der Waals surface area contributed by atoms with Crippen LogP contribution in [-0.4, -0.2) is 23.5 Å². The topological polar surface area (TPSA) is 133 Å². The van der Waals surface area contributed by atoms with Crippen LogP contribution in [0.15, 0.2) is 12.2 Å². The zero-order valence-corrected chi connectivity index (χ0v) is 22.8. The van der Waals surface area contributed by atoms with Crippen LogP contribution in [0.2, 0.25) is 0 Å². The van der Waals surface area contributed by atoms with Crippen molar-refractivity contribution in [2.24, 2.45) is 5.90 Å². The molecule has 10 heteroatoms. The van der Waals surface area contributed by atoms with Crippen molar-refractivity contribution in [3.05, 3.63) is 12.2 Å². The summed E-state index contributed by atoms with van der Waals surface area (Å²) in [7, 11) is -5.17. The van der Waals surface area contributed by atoms with E-state index in [0.717, 1.165) is 12.8 Å². The first-order valence-electron chi connectivity index (χ1n) is 9.52. The Morgan fingerprint density at radius 3 is 1.57 bits per heavy atom. The maximum Gasteiger partial charge on any atom is 1.00 e. The van der Waals surface area contributed by atoms with Gasteiger partial charge in [0.15, 0.2) is 0 Å². The summed E-state index contributed by atoms with van der Waals surface area (Å²) >= 11 is 0. The van der Waals surface area contributed by atoms with E-state index in [1.807, 2.05) is 0 Å². The van der Waals surface area contributed by atoms with E-state index in [9.17, 15) is 4.79 Å². The van der Waals surface area contributed by atoms with Gasteiger partial charge in [-0.15, -0.1) is 0 Å². The summed E-state index contributed by atoms with van der Waals surface area (Å²) in [5.41, 5.74) is 0. The van der Waals surface area contributed by atoms with Gasteiger partial charge in [-0.2, -0.15) is 5.90 Å². The van der Waals surface area contributed by atoms with E-state index in [0.29, 0.717) is 6.42 Å². The first kappa shape index (κ1) is 36.4. The van der Waals surface area contributed by atoms with Crippen LogP contribution in [0, 0.1) is 0 Å². The molecule has 0 fully saturated rings. The molecule has 0 aliphatic carbocycles. The molecule has 0 aromatic heterocycles. The van der Waals surface area contributed by atoms with Gasteiger partial charge in [0.1, 0.15) is 0 Å². The summed E-state index contributed by atoms with van der Waals surface area (Å²) < 4.78 is 34.1. The number of rotatable bonds is 15. The van der Waals surface area contributed by atoms with Gasteiger partial charge in [0.2, 0.25) is 0 Å². The molecular formula is C18H35NNa2O6S. The number of unbranched alkanes of at least 4 members (excludes halogenated alkanes) is 11. The molecule has 0 rings (SSSR count). The van der Waals surface area contributed by atoms with Crippen LogP contribution in [0.5, 0.6) is 0 Å². The fraction of sp³-hybridized carbons (Fsp3) is 0.833. The Hall–Kier alpha value is 1.04. The van der Waals surface area contributed by atoms with Crippen LogP contribution < -0.4 is 65.0 Å². The van der Waals surface area contributed by atoms with Crippen LogP contribution in [0.3, 0.4) is 0 Å². The molecule has 0 aromatic carbocycles. The maximum atomic E-state index is 10.8. The fourth-order valence-electron chi connectivity index (χ4n) is 2.40. The molecule has 0 aliphatic heterocycles. The molecule has 0 saturated carbocycles. The van der Waals surface area contributed by atoms with Gasteiger partial charge in [-0.25, -0.2) is 0 Å². The quantitative estimate of drug-likeness (QED) is 0.0788. The van der Waals surface area contributed by atoms with E-state index in [1.165, 1.54) is 70.6 Å². The molecule has 156 valence electrons. The van der Waals surface area contributed by atoms with Crippen LogP contribution in [-0.2, 0) is 20.0 Å². The molecule has 28 heavy (non-hydrogen) atoms. The summed E-state index contributed by atoms with van der Waals surface area (Å²) in [6.07, 6.45) is 21.5. The van der Waals surface area contributed by atoms with E-state index in [4.69, 9.17) is 23.4 Å². The minimum atomic E-state index is -5.17. The Bertz CT molecular complexity index is 439. The minimum absolute atomic E-state index is 0. The predicted molar refractivity (Wildman–Crippen MR) is 100 cm³/mol. The zero-order valence-electron chi connectivity index (χ0n) is 18.0. The van der Waals surface area contributed by atoms with Crippen molar-refractivity contribution < 1.29 is 86.3 Å². The van der Waals surface area contributed by atoms with Gasteiger partial charge in [0.05, 0.1) is 0 Å². The number of hydrogen-bond acceptors (Lipinski definition) is 7. The van der Waals surface area contributed by atoms with Crippen molar-refractivity contribution in [3.8, 4) is 0 Å². The SMILES string of the molecule is CCCCCCCC/C=C\CCCCCCCC(=O)ON.O=S(=O)([O-])[O-].[Na+].[Na+]. The summed E-state index contributed by atoms with van der Waals surface area (Å²) in [5, 5.41) is 0. The Balaban J connectivity index is -0.000000364. The van der Waals surface area contributed by atoms with Gasteiger partial charge >= 0.3 is 65.1 Å². The Morgan fingerprint density at radius 1 is 0.821 bits per heavy atom. The Kier molecular flexibility index (Phi) is 36.5. The number of allylic oxidation sites excluding steroid dienone is 2. The average molecular weight is 440 g/mol. The molecule has 7 nitrogen and oxygen atoms in total. The molecule has 0 radical (unpaired) electrons. The van der Waals surface area contributed by atoms with Crippen LogP contribution in [0.4, 0.5) is 0 Å². The normalized spacial score (nSPS) is 10.4. The maximum absolute atomic E-state index is 10.8. The molecule has 0 amide bonds. The molecule has 0 saturated heterocycles. The molecule has 0 spiro atoms. The summed E-state index contributed by atoms with van der Waals surface area (Å²) in [5.74, 6) is 4.48. The molecule has 0 aliphatic rings. The largest absolute Gasteiger partial charge is 1.00 e. The number of hydrogen-bond donors (Lipinski definition) is 1. The molecule has 0 unspecified atom stereocenters. The molecular weight excluding hydrogens is 404 g/mol. The van der Waals surface area contributed by atoms with Crippen molar-refractivity contribution in [2.45, 2.75) is 96.8 Å². The Morgan fingerprint density at radius 2 is 1.18 bits per heavy atom. The van der Waals surface area contributed by atoms with Gasteiger partial charge in [-0.1, -0.05) is 70.4 Å². The number of nitrogens with two attached hydrogens (primary N) is 1. The molecule has 0 heterocycles. The van der Waals surface area contributed by atoms with E-state index in [-0.39, 0.29) is 65.1 Å². The van der Waals surface area contributed by atoms with Crippen molar-refractivity contribution >= 4 is 16.4 Å². The first-order chi connectivity index (χ1) is 12.3. The smallest absolute Gasteiger partial charge is 0.759 e. The van der Waals surface area contributed by atoms with Gasteiger partial charge in [-0.3, -0.25) is 13.2 Å². The molecule has 0 atom stereocenters. The standard InChI is InChI=1S/C18H35NO2.2Na.H2O4S/c1-2-3-4-5-6-7-8-9-10-11-12-13-14-15-16-17-18(20)21-19;;;1-5(2,3)4/h9-10H,2-8,11-17,19H2,1H3;;;(H2,1,2,3,4)/q;2*+1;/p-2/b10-9-;;;. The summed E-state index contributed by atoms with van der Waals surface area (Å²) in [6, 6.07) is 0. The van der Waals surface area contributed by atoms with Crippen LogP contribution in [0.1, 0.15) is 96.8 Å². The number of carbonyl (C=O) groups is 1. The minimum Gasteiger partial charge on any atom is -0.759 e. The Labute approximate surface area is 215 Å². The van der Waals surface area contributed by atoms with Gasteiger partial charge < -0.3 is 13.9 Å². The summed E-state index contributed by atoms with van der Waals surface area (Å²) in [4.78, 5) is 14.9. The second-order valence-corrected chi connectivity index (χ2v) is 7.05. The zero-order chi connectivity index (χ0) is 20.1. The second-order valence-electron chi connectivity index (χ2n) is 6.23. The van der Waals surface area contributed by atoms with Crippen LogP contribution in [0.25, 0.3) is 0 Å².